The number of aromatic nitrogens is 6. The fourth-order valence-corrected chi connectivity index (χ4v) is 4.17. The molecule has 0 fully saturated rings. The van der Waals surface area contributed by atoms with E-state index in [0.29, 0.717) is 38.2 Å². The number of benzene rings is 1. The summed E-state index contributed by atoms with van der Waals surface area (Å²) in [6.07, 6.45) is 4.89. The molecule has 0 radical (unpaired) electrons. The predicted octanol–water partition coefficient (Wildman–Crippen LogP) is 5.70. The van der Waals surface area contributed by atoms with E-state index in [1.54, 1.807) is 41.2 Å². The third-order valence-electron chi connectivity index (χ3n) is 5.05. The molecule has 182 valence electrons. The van der Waals surface area contributed by atoms with E-state index in [1.165, 1.54) is 6.33 Å². The molecule has 2 amide bonds. The molecule has 0 aliphatic rings. The van der Waals surface area contributed by atoms with Gasteiger partial charge in [0.05, 0.1) is 21.9 Å². The Kier molecular flexibility index (Phi) is 6.07. The fourth-order valence-electron chi connectivity index (χ4n) is 3.56. The number of carbonyl (C=O) groups is 1. The standard InChI is InChI=1S/C24H21Cl2N9O/c1-24(2,3)34-23(36)33-21-15(19-16(25)5-4-6-17(19)26)9-13-10-27-22(32-20(13)31-21)30-14-7-8-18-28-12-29-35(18)11-14/h4-12H,1-3H3,(H3,27,30,31,32,33,34,36). The molecular formula is C24H21Cl2N9O. The van der Waals surface area contributed by atoms with Crippen LogP contribution >= 0.6 is 23.2 Å². The van der Waals surface area contributed by atoms with Crippen molar-refractivity contribution >= 4 is 63.4 Å². The number of halogens is 2. The molecule has 0 aliphatic heterocycles. The molecule has 0 aliphatic carbocycles. The molecule has 0 saturated carbocycles. The Morgan fingerprint density at radius 1 is 1.03 bits per heavy atom. The maximum Gasteiger partial charge on any atom is 0.320 e. The van der Waals surface area contributed by atoms with E-state index in [-0.39, 0.29) is 5.82 Å². The van der Waals surface area contributed by atoms with Gasteiger partial charge in [0.25, 0.3) is 0 Å². The van der Waals surface area contributed by atoms with Crippen LogP contribution in [0.1, 0.15) is 20.8 Å². The Balaban J connectivity index is 1.57. The van der Waals surface area contributed by atoms with Crippen LogP contribution in [-0.4, -0.2) is 41.1 Å². The van der Waals surface area contributed by atoms with E-state index < -0.39 is 11.6 Å². The van der Waals surface area contributed by atoms with Gasteiger partial charge in [-0.05, 0) is 51.1 Å². The van der Waals surface area contributed by atoms with Gasteiger partial charge in [-0.3, -0.25) is 5.32 Å². The van der Waals surface area contributed by atoms with Gasteiger partial charge in [0.1, 0.15) is 12.1 Å². The highest BCUT2D eigenvalue weighted by atomic mass is 35.5. The number of amides is 2. The van der Waals surface area contributed by atoms with Crippen LogP contribution in [0.15, 0.2) is 55.1 Å². The summed E-state index contributed by atoms with van der Waals surface area (Å²) in [4.78, 5) is 30.5. The summed E-state index contributed by atoms with van der Waals surface area (Å²) in [5, 5.41) is 14.4. The third kappa shape index (κ3) is 5.00. The van der Waals surface area contributed by atoms with Crippen molar-refractivity contribution in [3.63, 3.8) is 0 Å². The number of rotatable bonds is 4. The third-order valence-corrected chi connectivity index (χ3v) is 5.68. The van der Waals surface area contributed by atoms with E-state index in [9.17, 15) is 4.79 Å². The second-order valence-electron chi connectivity index (χ2n) is 9.02. The van der Waals surface area contributed by atoms with Crippen molar-refractivity contribution in [2.45, 2.75) is 26.3 Å². The number of hydrogen-bond acceptors (Lipinski definition) is 7. The molecule has 4 aromatic heterocycles. The quantitative estimate of drug-likeness (QED) is 0.277. The van der Waals surface area contributed by atoms with Gasteiger partial charge in [-0.15, -0.1) is 0 Å². The predicted molar refractivity (Wildman–Crippen MR) is 141 cm³/mol. The topological polar surface area (TPSA) is 122 Å². The van der Waals surface area contributed by atoms with E-state index >= 15 is 0 Å². The monoisotopic (exact) mass is 521 g/mol. The average molecular weight is 522 g/mol. The minimum absolute atomic E-state index is 0.257. The maximum atomic E-state index is 12.7. The van der Waals surface area contributed by atoms with Crippen LogP contribution < -0.4 is 16.0 Å². The molecular weight excluding hydrogens is 501 g/mol. The van der Waals surface area contributed by atoms with Crippen LogP contribution in [0, 0.1) is 0 Å². The Labute approximate surface area is 216 Å². The minimum Gasteiger partial charge on any atom is -0.333 e. The Hall–Kier alpha value is -4.02. The number of carbonyl (C=O) groups excluding carboxylic acids is 1. The van der Waals surface area contributed by atoms with E-state index in [1.807, 2.05) is 32.9 Å². The summed E-state index contributed by atoms with van der Waals surface area (Å²) >= 11 is 13.0. The van der Waals surface area contributed by atoms with Crippen molar-refractivity contribution < 1.29 is 4.79 Å². The number of nitrogens with one attached hydrogen (secondary N) is 3. The molecule has 0 spiro atoms. The summed E-state index contributed by atoms with van der Waals surface area (Å²) in [5.41, 5.74) is 2.44. The Morgan fingerprint density at radius 3 is 2.56 bits per heavy atom. The summed E-state index contributed by atoms with van der Waals surface area (Å²) in [6.45, 7) is 5.65. The van der Waals surface area contributed by atoms with Crippen molar-refractivity contribution in [2.24, 2.45) is 0 Å². The molecule has 0 atom stereocenters. The van der Waals surface area contributed by atoms with E-state index in [2.05, 4.69) is 41.0 Å². The SMILES string of the molecule is CC(C)(C)NC(=O)Nc1nc2nc(Nc3ccc4ncnn4c3)ncc2cc1-c1c(Cl)cccc1Cl. The Bertz CT molecular complexity index is 1590. The van der Waals surface area contributed by atoms with E-state index in [0.717, 1.165) is 11.3 Å². The zero-order valence-electron chi connectivity index (χ0n) is 19.5. The van der Waals surface area contributed by atoms with Crippen molar-refractivity contribution in [3.05, 3.63) is 65.2 Å². The number of anilines is 3. The largest absolute Gasteiger partial charge is 0.333 e. The summed E-state index contributed by atoms with van der Waals surface area (Å²) in [7, 11) is 0. The molecule has 12 heteroatoms. The first-order valence-electron chi connectivity index (χ1n) is 10.9. The lowest BCUT2D eigenvalue weighted by Crippen LogP contribution is -2.43. The zero-order valence-corrected chi connectivity index (χ0v) is 21.1. The van der Waals surface area contributed by atoms with Crippen LogP contribution in [0.2, 0.25) is 10.0 Å². The second-order valence-corrected chi connectivity index (χ2v) is 9.84. The fraction of sp³-hybridized carbons (Fsp3) is 0.167. The minimum atomic E-state index is -0.451. The molecule has 5 rings (SSSR count). The number of nitrogens with zero attached hydrogens (tertiary/aromatic N) is 6. The van der Waals surface area contributed by atoms with Gasteiger partial charge in [0.2, 0.25) is 5.95 Å². The summed E-state index contributed by atoms with van der Waals surface area (Å²) in [5.74, 6) is 0.580. The highest BCUT2D eigenvalue weighted by molar-refractivity contribution is 6.39. The van der Waals surface area contributed by atoms with Gasteiger partial charge in [0.15, 0.2) is 11.3 Å². The van der Waals surface area contributed by atoms with Gasteiger partial charge in [-0.25, -0.2) is 24.3 Å². The number of pyridine rings is 2. The van der Waals surface area contributed by atoms with Crippen LogP contribution in [0.25, 0.3) is 27.8 Å². The number of urea groups is 1. The van der Waals surface area contributed by atoms with Crippen LogP contribution in [0.5, 0.6) is 0 Å². The average Bonchev–Trinajstić information content (AvgIpc) is 3.26. The molecule has 0 bridgehead atoms. The van der Waals surface area contributed by atoms with Gasteiger partial charge >= 0.3 is 6.03 Å². The molecule has 1 aromatic carbocycles. The summed E-state index contributed by atoms with van der Waals surface area (Å²) in [6, 6.07) is 10.2. The lowest BCUT2D eigenvalue weighted by atomic mass is 10.0. The van der Waals surface area contributed by atoms with Crippen molar-refractivity contribution in [2.75, 3.05) is 10.6 Å². The number of hydrogen-bond donors (Lipinski definition) is 3. The highest BCUT2D eigenvalue weighted by Crippen LogP contribution is 2.39. The van der Waals surface area contributed by atoms with Crippen molar-refractivity contribution in [1.29, 1.82) is 0 Å². The van der Waals surface area contributed by atoms with E-state index in [4.69, 9.17) is 23.2 Å². The molecule has 0 unspecified atom stereocenters. The highest BCUT2D eigenvalue weighted by Gasteiger charge is 2.20. The first-order chi connectivity index (χ1) is 17.2. The smallest absolute Gasteiger partial charge is 0.320 e. The maximum absolute atomic E-state index is 12.7. The van der Waals surface area contributed by atoms with Crippen LogP contribution in [0.3, 0.4) is 0 Å². The second kappa shape index (κ2) is 9.21. The zero-order chi connectivity index (χ0) is 25.4. The normalized spacial score (nSPS) is 11.6. The lowest BCUT2D eigenvalue weighted by Gasteiger charge is -2.21. The van der Waals surface area contributed by atoms with Gasteiger partial charge in [-0.1, -0.05) is 29.3 Å². The van der Waals surface area contributed by atoms with Gasteiger partial charge in [0, 0.05) is 28.2 Å². The van der Waals surface area contributed by atoms with Gasteiger partial charge in [-0.2, -0.15) is 10.1 Å². The lowest BCUT2D eigenvalue weighted by molar-refractivity contribution is 0.243. The molecule has 5 aromatic rings. The van der Waals surface area contributed by atoms with Crippen molar-refractivity contribution in [1.82, 2.24) is 34.9 Å². The first kappa shape index (κ1) is 23.7. The molecule has 0 saturated heterocycles. The summed E-state index contributed by atoms with van der Waals surface area (Å²) < 4.78 is 1.64. The van der Waals surface area contributed by atoms with Crippen LogP contribution in [-0.2, 0) is 0 Å². The molecule has 4 heterocycles. The van der Waals surface area contributed by atoms with Gasteiger partial charge < -0.3 is 10.6 Å². The van der Waals surface area contributed by atoms with Crippen molar-refractivity contribution in [3.8, 4) is 11.1 Å². The number of fused-ring (bicyclic) bond motifs is 2. The first-order valence-corrected chi connectivity index (χ1v) is 11.7. The molecule has 36 heavy (non-hydrogen) atoms. The molecule has 10 nitrogen and oxygen atoms in total. The van der Waals surface area contributed by atoms with Crippen LogP contribution in [0.4, 0.5) is 22.2 Å². The Morgan fingerprint density at radius 2 is 1.81 bits per heavy atom. The molecule has 3 N–H and O–H groups in total.